The highest BCUT2D eigenvalue weighted by Gasteiger charge is 2.14. The smallest absolute Gasteiger partial charge is 0.124 e. The maximum Gasteiger partial charge on any atom is 0.124 e. The second-order valence-electron chi connectivity index (χ2n) is 3.86. The second-order valence-corrected chi connectivity index (χ2v) is 4.74. The van der Waals surface area contributed by atoms with E-state index < -0.39 is 0 Å². The van der Waals surface area contributed by atoms with E-state index in [2.05, 4.69) is 22.6 Å². The van der Waals surface area contributed by atoms with Gasteiger partial charge in [-0.2, -0.15) is 0 Å². The third kappa shape index (κ3) is 6.07. The molecule has 0 bridgehead atoms. The van der Waals surface area contributed by atoms with Crippen molar-refractivity contribution >= 4 is 22.6 Å². The summed E-state index contributed by atoms with van der Waals surface area (Å²) < 4.78 is 22.4. The molecular formula is C14H21IO4. The zero-order valence-electron chi connectivity index (χ0n) is 11.4. The number of hydrogen-bond acceptors (Lipinski definition) is 4. The van der Waals surface area contributed by atoms with Gasteiger partial charge in [0.1, 0.15) is 5.75 Å². The molecule has 19 heavy (non-hydrogen) atoms. The van der Waals surface area contributed by atoms with Gasteiger partial charge in [-0.15, -0.1) is 0 Å². The number of benzene rings is 1. The average Bonchev–Trinajstić information content (AvgIpc) is 2.47. The van der Waals surface area contributed by atoms with Gasteiger partial charge in [-0.3, -0.25) is 0 Å². The summed E-state index contributed by atoms with van der Waals surface area (Å²) in [6, 6.07) is 7.94. The van der Waals surface area contributed by atoms with E-state index >= 15 is 0 Å². The summed E-state index contributed by atoms with van der Waals surface area (Å²) in [5, 5.41) is 0. The molecular weight excluding hydrogens is 359 g/mol. The van der Waals surface area contributed by atoms with Gasteiger partial charge in [-0.25, -0.2) is 0 Å². The first-order valence-corrected chi connectivity index (χ1v) is 7.73. The number of rotatable bonds is 10. The molecule has 1 rings (SSSR count). The fourth-order valence-corrected chi connectivity index (χ4v) is 2.37. The van der Waals surface area contributed by atoms with Crippen LogP contribution in [0.15, 0.2) is 24.3 Å². The third-order valence-corrected chi connectivity index (χ3v) is 3.40. The van der Waals surface area contributed by atoms with Crippen molar-refractivity contribution in [3.8, 4) is 5.75 Å². The van der Waals surface area contributed by atoms with Crippen molar-refractivity contribution in [2.45, 2.75) is 6.10 Å². The first-order chi connectivity index (χ1) is 9.33. The van der Waals surface area contributed by atoms with Crippen LogP contribution in [0.5, 0.6) is 5.75 Å². The Labute approximate surface area is 128 Å². The molecule has 0 fully saturated rings. The van der Waals surface area contributed by atoms with Crippen LogP contribution in [0.3, 0.4) is 0 Å². The lowest BCUT2D eigenvalue weighted by atomic mass is 10.1. The fourth-order valence-electron chi connectivity index (χ4n) is 1.64. The van der Waals surface area contributed by atoms with Crippen LogP contribution in [0.1, 0.15) is 11.7 Å². The molecule has 5 heteroatoms. The Morgan fingerprint density at radius 2 is 1.79 bits per heavy atom. The highest BCUT2D eigenvalue weighted by atomic mass is 127. The van der Waals surface area contributed by atoms with E-state index in [0.717, 1.165) is 15.7 Å². The molecule has 0 aliphatic rings. The van der Waals surface area contributed by atoms with Gasteiger partial charge in [0, 0.05) is 17.1 Å². The predicted octanol–water partition coefficient (Wildman–Crippen LogP) is 2.85. The van der Waals surface area contributed by atoms with Gasteiger partial charge >= 0.3 is 0 Å². The Bertz CT molecular complexity index is 346. The second kappa shape index (κ2) is 10.4. The average molecular weight is 380 g/mol. The molecule has 0 radical (unpaired) electrons. The topological polar surface area (TPSA) is 36.9 Å². The molecule has 0 aliphatic carbocycles. The summed E-state index contributed by atoms with van der Waals surface area (Å²) in [4.78, 5) is 0. The van der Waals surface area contributed by atoms with E-state index in [0.29, 0.717) is 26.4 Å². The summed E-state index contributed by atoms with van der Waals surface area (Å²) in [6.07, 6.45) is 0.0303. The Kier molecular flexibility index (Phi) is 9.15. The molecule has 0 heterocycles. The van der Waals surface area contributed by atoms with Crippen LogP contribution in [0.4, 0.5) is 0 Å². The van der Waals surface area contributed by atoms with Crippen molar-refractivity contribution in [2.75, 3.05) is 45.1 Å². The van der Waals surface area contributed by atoms with Crippen molar-refractivity contribution < 1.29 is 18.9 Å². The van der Waals surface area contributed by atoms with E-state index in [4.69, 9.17) is 18.9 Å². The Balaban J connectivity index is 2.40. The Hall–Kier alpha value is -0.370. The van der Waals surface area contributed by atoms with Crippen molar-refractivity contribution in [1.82, 2.24) is 0 Å². The summed E-state index contributed by atoms with van der Waals surface area (Å²) >= 11 is 2.32. The maximum absolute atomic E-state index is 5.85. The van der Waals surface area contributed by atoms with E-state index in [1.807, 2.05) is 24.3 Å². The lowest BCUT2D eigenvalue weighted by molar-refractivity contribution is 0.000639. The first kappa shape index (κ1) is 16.7. The van der Waals surface area contributed by atoms with Gasteiger partial charge in [0.15, 0.2) is 0 Å². The van der Waals surface area contributed by atoms with Crippen LogP contribution in [0.2, 0.25) is 0 Å². The molecule has 0 aromatic heterocycles. The zero-order chi connectivity index (χ0) is 13.9. The van der Waals surface area contributed by atoms with Gasteiger partial charge in [0.05, 0.1) is 39.6 Å². The standard InChI is InChI=1S/C14H21IO4/c1-16-7-8-18-9-10-19-14(11-15)12-5-3-4-6-13(12)17-2/h3-6,14H,7-11H2,1-2H3. The monoisotopic (exact) mass is 380 g/mol. The normalized spacial score (nSPS) is 12.4. The van der Waals surface area contributed by atoms with Crippen LogP contribution >= 0.6 is 22.6 Å². The number of para-hydroxylation sites is 1. The number of ether oxygens (including phenoxy) is 4. The van der Waals surface area contributed by atoms with Crippen molar-refractivity contribution in [3.05, 3.63) is 29.8 Å². The minimum absolute atomic E-state index is 0.0303. The van der Waals surface area contributed by atoms with Gasteiger partial charge in [0.25, 0.3) is 0 Å². The summed E-state index contributed by atoms with van der Waals surface area (Å²) in [7, 11) is 3.34. The molecule has 0 N–H and O–H groups in total. The minimum Gasteiger partial charge on any atom is -0.496 e. The fraction of sp³-hybridized carbons (Fsp3) is 0.571. The van der Waals surface area contributed by atoms with Crippen LogP contribution in [0, 0.1) is 0 Å². The molecule has 0 saturated heterocycles. The van der Waals surface area contributed by atoms with E-state index in [1.165, 1.54) is 0 Å². The number of halogens is 1. The highest BCUT2D eigenvalue weighted by molar-refractivity contribution is 14.1. The van der Waals surface area contributed by atoms with Crippen molar-refractivity contribution in [3.63, 3.8) is 0 Å². The predicted molar refractivity (Wildman–Crippen MR) is 83.3 cm³/mol. The molecule has 1 aromatic carbocycles. The molecule has 1 atom stereocenters. The molecule has 0 spiro atoms. The molecule has 0 aliphatic heterocycles. The SMILES string of the molecule is COCCOCCOC(CI)c1ccccc1OC. The first-order valence-electron chi connectivity index (χ1n) is 6.20. The molecule has 1 unspecified atom stereocenters. The van der Waals surface area contributed by atoms with Crippen LogP contribution in [0.25, 0.3) is 0 Å². The maximum atomic E-state index is 5.85. The van der Waals surface area contributed by atoms with Crippen molar-refractivity contribution in [2.24, 2.45) is 0 Å². The summed E-state index contributed by atoms with van der Waals surface area (Å²) in [6.45, 7) is 2.35. The Morgan fingerprint density at radius 3 is 2.47 bits per heavy atom. The van der Waals surface area contributed by atoms with E-state index in [9.17, 15) is 0 Å². The number of methoxy groups -OCH3 is 2. The molecule has 0 saturated carbocycles. The number of alkyl halides is 1. The molecule has 4 nitrogen and oxygen atoms in total. The molecule has 0 amide bonds. The number of hydrogen-bond donors (Lipinski definition) is 0. The minimum atomic E-state index is 0.0303. The van der Waals surface area contributed by atoms with Crippen LogP contribution in [-0.4, -0.2) is 45.1 Å². The highest BCUT2D eigenvalue weighted by Crippen LogP contribution is 2.28. The lowest BCUT2D eigenvalue weighted by Crippen LogP contribution is -2.13. The van der Waals surface area contributed by atoms with Crippen LogP contribution in [-0.2, 0) is 14.2 Å². The quantitative estimate of drug-likeness (QED) is 0.356. The van der Waals surface area contributed by atoms with Gasteiger partial charge < -0.3 is 18.9 Å². The van der Waals surface area contributed by atoms with E-state index in [1.54, 1.807) is 14.2 Å². The Morgan fingerprint density at radius 1 is 1.05 bits per heavy atom. The van der Waals surface area contributed by atoms with Gasteiger partial charge in [0.2, 0.25) is 0 Å². The summed E-state index contributed by atoms with van der Waals surface area (Å²) in [5.74, 6) is 0.865. The largest absolute Gasteiger partial charge is 0.496 e. The molecule has 1 aromatic rings. The summed E-state index contributed by atoms with van der Waals surface area (Å²) in [5.41, 5.74) is 1.08. The third-order valence-electron chi connectivity index (χ3n) is 2.60. The van der Waals surface area contributed by atoms with E-state index in [-0.39, 0.29) is 6.10 Å². The zero-order valence-corrected chi connectivity index (χ0v) is 13.6. The van der Waals surface area contributed by atoms with Gasteiger partial charge in [-0.05, 0) is 6.07 Å². The lowest BCUT2D eigenvalue weighted by Gasteiger charge is -2.18. The van der Waals surface area contributed by atoms with Gasteiger partial charge in [-0.1, -0.05) is 40.8 Å². The van der Waals surface area contributed by atoms with Crippen molar-refractivity contribution in [1.29, 1.82) is 0 Å². The van der Waals surface area contributed by atoms with Crippen LogP contribution < -0.4 is 4.74 Å². The molecule has 108 valence electrons.